The molecular formula is C18H28N2O2. The Bertz CT molecular complexity index is 526. The molecule has 2 N–H and O–H groups in total. The lowest BCUT2D eigenvalue weighted by molar-refractivity contribution is -0.122. The lowest BCUT2D eigenvalue weighted by Gasteiger charge is -2.37. The first-order chi connectivity index (χ1) is 10.4. The van der Waals surface area contributed by atoms with Gasteiger partial charge in [0.25, 0.3) is 0 Å². The Hall–Kier alpha value is -1.55. The third-order valence-electron chi connectivity index (χ3n) is 4.13. The number of carbonyl (C=O) groups excluding carboxylic acids is 1. The monoisotopic (exact) mass is 304 g/mol. The van der Waals surface area contributed by atoms with Gasteiger partial charge < -0.3 is 15.4 Å². The molecule has 0 saturated heterocycles. The van der Waals surface area contributed by atoms with Crippen LogP contribution in [0.3, 0.4) is 0 Å². The van der Waals surface area contributed by atoms with Crippen molar-refractivity contribution in [3.05, 3.63) is 23.8 Å². The minimum atomic E-state index is -0.0218. The maximum absolute atomic E-state index is 12.6. The van der Waals surface area contributed by atoms with Gasteiger partial charge in [0.05, 0.1) is 12.2 Å². The topological polar surface area (TPSA) is 55.6 Å². The number of nitrogens with two attached hydrogens (primary N) is 1. The minimum Gasteiger partial charge on any atom is -0.486 e. The Morgan fingerprint density at radius 2 is 2.09 bits per heavy atom. The van der Waals surface area contributed by atoms with Crippen LogP contribution in [-0.4, -0.2) is 25.1 Å². The summed E-state index contributed by atoms with van der Waals surface area (Å²) in [5.41, 5.74) is 7.71. The lowest BCUT2D eigenvalue weighted by Crippen LogP contribution is -2.47. The number of amides is 1. The molecule has 0 aromatic heterocycles. The molecule has 1 heterocycles. The third kappa shape index (κ3) is 3.61. The fourth-order valence-electron chi connectivity index (χ4n) is 2.68. The molecule has 1 aromatic carbocycles. The van der Waals surface area contributed by atoms with Gasteiger partial charge in [-0.1, -0.05) is 33.8 Å². The number of hydrogen-bond donors (Lipinski definition) is 1. The maximum atomic E-state index is 12.6. The zero-order chi connectivity index (χ0) is 16.3. The van der Waals surface area contributed by atoms with Crippen LogP contribution in [0.4, 0.5) is 5.69 Å². The Morgan fingerprint density at radius 3 is 2.68 bits per heavy atom. The number of hydrogen-bond acceptors (Lipinski definition) is 3. The van der Waals surface area contributed by atoms with Crippen LogP contribution in [0.15, 0.2) is 18.2 Å². The summed E-state index contributed by atoms with van der Waals surface area (Å²) in [6.07, 6.45) is 1.93. The molecule has 2 rings (SSSR count). The van der Waals surface area contributed by atoms with E-state index in [0.717, 1.165) is 24.3 Å². The Kier molecular flexibility index (Phi) is 5.46. The van der Waals surface area contributed by atoms with Crippen LogP contribution in [0.2, 0.25) is 0 Å². The van der Waals surface area contributed by atoms with E-state index in [0.29, 0.717) is 19.0 Å². The van der Waals surface area contributed by atoms with Crippen LogP contribution < -0.4 is 15.4 Å². The molecule has 1 aromatic rings. The van der Waals surface area contributed by atoms with E-state index in [1.165, 1.54) is 5.56 Å². The fourth-order valence-corrected chi connectivity index (χ4v) is 2.68. The van der Waals surface area contributed by atoms with E-state index < -0.39 is 0 Å². The lowest BCUT2D eigenvalue weighted by atomic mass is 10.0. The average Bonchev–Trinajstić information content (AvgIpc) is 2.50. The molecule has 1 unspecified atom stereocenters. The quantitative estimate of drug-likeness (QED) is 0.910. The zero-order valence-electron chi connectivity index (χ0n) is 14.1. The number of anilines is 1. The normalized spacial score (nSPS) is 17.6. The van der Waals surface area contributed by atoms with Crippen LogP contribution in [0.25, 0.3) is 0 Å². The molecular weight excluding hydrogens is 276 g/mol. The molecule has 1 amide bonds. The fraction of sp³-hybridized carbons (Fsp3) is 0.611. The van der Waals surface area contributed by atoms with E-state index in [9.17, 15) is 4.79 Å². The number of ether oxygens (including phenoxy) is 1. The number of benzene rings is 1. The summed E-state index contributed by atoms with van der Waals surface area (Å²) in [5.74, 6) is 1.32. The van der Waals surface area contributed by atoms with Crippen molar-refractivity contribution in [2.75, 3.05) is 18.0 Å². The number of carbonyl (C=O) groups is 1. The molecule has 0 bridgehead atoms. The highest BCUT2D eigenvalue weighted by atomic mass is 16.5. The molecule has 1 aliphatic heterocycles. The average molecular weight is 304 g/mol. The van der Waals surface area contributed by atoms with Crippen molar-refractivity contribution in [2.45, 2.75) is 46.6 Å². The van der Waals surface area contributed by atoms with Crippen molar-refractivity contribution >= 4 is 11.6 Å². The van der Waals surface area contributed by atoms with E-state index in [1.807, 2.05) is 24.8 Å². The van der Waals surface area contributed by atoms with Gasteiger partial charge in [0.2, 0.25) is 5.91 Å². The molecule has 22 heavy (non-hydrogen) atoms. The van der Waals surface area contributed by atoms with Crippen molar-refractivity contribution < 1.29 is 9.53 Å². The molecule has 0 spiro atoms. The number of aryl methyl sites for hydroxylation is 1. The van der Waals surface area contributed by atoms with Crippen LogP contribution >= 0.6 is 0 Å². The molecule has 1 aliphatic rings. The van der Waals surface area contributed by atoms with E-state index in [2.05, 4.69) is 26.0 Å². The highest BCUT2D eigenvalue weighted by molar-refractivity contribution is 5.96. The van der Waals surface area contributed by atoms with Crippen molar-refractivity contribution in [3.63, 3.8) is 0 Å². The van der Waals surface area contributed by atoms with Crippen LogP contribution in [0.5, 0.6) is 5.75 Å². The second-order valence-corrected chi connectivity index (χ2v) is 6.70. The van der Waals surface area contributed by atoms with Gasteiger partial charge in [0.15, 0.2) is 0 Å². The predicted molar refractivity (Wildman–Crippen MR) is 90.3 cm³/mol. The number of nitrogens with zero attached hydrogens (tertiary/aromatic N) is 1. The zero-order valence-corrected chi connectivity index (χ0v) is 14.1. The Labute approximate surface area is 133 Å². The van der Waals surface area contributed by atoms with E-state index >= 15 is 0 Å². The molecule has 1 atom stereocenters. The largest absolute Gasteiger partial charge is 0.486 e. The first-order valence-corrected chi connectivity index (χ1v) is 8.25. The summed E-state index contributed by atoms with van der Waals surface area (Å²) in [6.45, 7) is 9.45. The highest BCUT2D eigenvalue weighted by Gasteiger charge is 2.32. The van der Waals surface area contributed by atoms with Gasteiger partial charge in [0, 0.05) is 5.92 Å². The van der Waals surface area contributed by atoms with Gasteiger partial charge in [-0.05, 0) is 43.0 Å². The predicted octanol–water partition coefficient (Wildman–Crippen LogP) is 2.98. The highest BCUT2D eigenvalue weighted by Crippen LogP contribution is 2.36. The maximum Gasteiger partial charge on any atom is 0.229 e. The first kappa shape index (κ1) is 16.8. The smallest absolute Gasteiger partial charge is 0.229 e. The summed E-state index contributed by atoms with van der Waals surface area (Å²) < 4.78 is 6.09. The molecule has 4 heteroatoms. The molecule has 4 nitrogen and oxygen atoms in total. The van der Waals surface area contributed by atoms with Crippen molar-refractivity contribution in [1.29, 1.82) is 0 Å². The van der Waals surface area contributed by atoms with Gasteiger partial charge in [0.1, 0.15) is 11.9 Å². The molecule has 0 aliphatic carbocycles. The van der Waals surface area contributed by atoms with E-state index in [-0.39, 0.29) is 17.9 Å². The summed E-state index contributed by atoms with van der Waals surface area (Å²) >= 11 is 0. The second kappa shape index (κ2) is 7.14. The summed E-state index contributed by atoms with van der Waals surface area (Å²) in [4.78, 5) is 14.5. The van der Waals surface area contributed by atoms with E-state index in [1.54, 1.807) is 0 Å². The van der Waals surface area contributed by atoms with Crippen molar-refractivity contribution in [2.24, 2.45) is 17.6 Å². The SMILES string of the molecule is CC(C)C(=O)N1CC(C(C)C)Oc2ccc(CCCN)cc21. The van der Waals surface area contributed by atoms with Gasteiger partial charge in [-0.15, -0.1) is 0 Å². The number of rotatable bonds is 5. The van der Waals surface area contributed by atoms with Gasteiger partial charge >= 0.3 is 0 Å². The standard InChI is InChI=1S/C18H28N2O2/c1-12(2)17-11-20(18(21)13(3)4)15-10-14(6-5-9-19)7-8-16(15)22-17/h7-8,10,12-13,17H,5-6,9,11,19H2,1-4H3. The minimum absolute atomic E-state index is 0.0218. The Balaban J connectivity index is 2.35. The third-order valence-corrected chi connectivity index (χ3v) is 4.13. The first-order valence-electron chi connectivity index (χ1n) is 8.25. The molecule has 0 fully saturated rings. The molecule has 0 radical (unpaired) electrons. The van der Waals surface area contributed by atoms with Crippen molar-refractivity contribution in [1.82, 2.24) is 0 Å². The summed E-state index contributed by atoms with van der Waals surface area (Å²) in [5, 5.41) is 0. The number of fused-ring (bicyclic) bond motifs is 1. The second-order valence-electron chi connectivity index (χ2n) is 6.70. The van der Waals surface area contributed by atoms with Crippen LogP contribution in [0, 0.1) is 11.8 Å². The Morgan fingerprint density at radius 1 is 1.36 bits per heavy atom. The van der Waals surface area contributed by atoms with Gasteiger partial charge in [-0.25, -0.2) is 0 Å². The summed E-state index contributed by atoms with van der Waals surface area (Å²) in [6, 6.07) is 6.16. The molecule has 122 valence electrons. The van der Waals surface area contributed by atoms with Gasteiger partial charge in [-0.3, -0.25) is 4.79 Å². The summed E-state index contributed by atoms with van der Waals surface area (Å²) in [7, 11) is 0. The van der Waals surface area contributed by atoms with E-state index in [4.69, 9.17) is 10.5 Å². The van der Waals surface area contributed by atoms with Crippen LogP contribution in [-0.2, 0) is 11.2 Å². The van der Waals surface area contributed by atoms with Crippen molar-refractivity contribution in [3.8, 4) is 5.75 Å². The van der Waals surface area contributed by atoms with Gasteiger partial charge in [-0.2, -0.15) is 0 Å². The molecule has 0 saturated carbocycles. The van der Waals surface area contributed by atoms with Crippen LogP contribution in [0.1, 0.15) is 39.7 Å².